The number of phenolic OH excluding ortho intramolecular Hbond substituents is 1. The van der Waals surface area contributed by atoms with Crippen LogP contribution in [0.15, 0.2) is 23.8 Å². The first-order valence-corrected chi connectivity index (χ1v) is 8.15. The Hall–Kier alpha value is -1.57. The average Bonchev–Trinajstić information content (AvgIpc) is 2.46. The van der Waals surface area contributed by atoms with Gasteiger partial charge in [-0.1, -0.05) is 5.57 Å². The maximum absolute atomic E-state index is 11.3. The molecule has 5 rings (SSSR count). The van der Waals surface area contributed by atoms with E-state index >= 15 is 0 Å². The van der Waals surface area contributed by atoms with Crippen molar-refractivity contribution in [3.63, 3.8) is 0 Å². The van der Waals surface area contributed by atoms with Crippen molar-refractivity contribution < 1.29 is 9.90 Å². The van der Waals surface area contributed by atoms with Crippen LogP contribution in [0, 0.1) is 23.7 Å². The Morgan fingerprint density at radius 2 is 1.71 bits per heavy atom. The van der Waals surface area contributed by atoms with Crippen LogP contribution in [0.4, 0.5) is 0 Å². The first-order chi connectivity index (χ1) is 10.2. The molecule has 2 nitrogen and oxygen atoms in total. The topological polar surface area (TPSA) is 37.3 Å². The molecule has 4 saturated carbocycles. The molecule has 0 unspecified atom stereocenters. The summed E-state index contributed by atoms with van der Waals surface area (Å²) in [6.07, 6.45) is 7.73. The van der Waals surface area contributed by atoms with E-state index in [9.17, 15) is 9.90 Å². The Balaban J connectivity index is 1.81. The average molecular weight is 282 g/mol. The molecule has 1 aromatic rings. The molecule has 4 fully saturated rings. The van der Waals surface area contributed by atoms with Crippen LogP contribution in [0.5, 0.6) is 5.75 Å². The molecule has 4 aliphatic rings. The molecule has 110 valence electrons. The second-order valence-corrected chi connectivity index (χ2v) is 7.27. The van der Waals surface area contributed by atoms with Gasteiger partial charge in [0, 0.05) is 5.56 Å². The van der Waals surface area contributed by atoms with Gasteiger partial charge in [-0.05, 0) is 92.0 Å². The first kappa shape index (κ1) is 13.1. The molecule has 0 spiro atoms. The second kappa shape index (κ2) is 4.72. The van der Waals surface area contributed by atoms with Gasteiger partial charge in [0.25, 0.3) is 0 Å². The standard InChI is InChI=1S/C19H22O2/c1-11(18-9-17(21)3-2-14(18)10-20)19-15-5-12-4-13(7-15)8-16(19)6-12/h2-3,9-10,12-13,15-16,21H,4-8H2,1H3. The van der Waals surface area contributed by atoms with Crippen molar-refractivity contribution in [3.8, 4) is 5.75 Å². The van der Waals surface area contributed by atoms with Crippen LogP contribution >= 0.6 is 0 Å². The SMILES string of the molecule is CC(=C1C2CC3CC(C2)CC1C3)c1cc(O)ccc1C=O. The second-order valence-electron chi connectivity index (χ2n) is 7.27. The summed E-state index contributed by atoms with van der Waals surface area (Å²) in [5.74, 6) is 3.59. The largest absolute Gasteiger partial charge is 0.508 e. The fourth-order valence-corrected chi connectivity index (χ4v) is 5.43. The normalized spacial score (nSPS) is 33.3. The predicted octanol–water partition coefficient (Wildman–Crippen LogP) is 4.43. The molecule has 2 heteroatoms. The lowest BCUT2D eigenvalue weighted by Gasteiger charge is -2.52. The molecule has 21 heavy (non-hydrogen) atoms. The summed E-state index contributed by atoms with van der Waals surface area (Å²) in [6, 6.07) is 5.09. The predicted molar refractivity (Wildman–Crippen MR) is 83.1 cm³/mol. The quantitative estimate of drug-likeness (QED) is 0.814. The minimum absolute atomic E-state index is 0.249. The molecule has 0 amide bonds. The van der Waals surface area contributed by atoms with Gasteiger partial charge >= 0.3 is 0 Å². The maximum atomic E-state index is 11.3. The number of rotatable bonds is 2. The Bertz CT molecular complexity index is 596. The highest BCUT2D eigenvalue weighted by molar-refractivity contribution is 5.86. The Kier molecular flexibility index (Phi) is 2.95. The van der Waals surface area contributed by atoms with Gasteiger partial charge in [0.1, 0.15) is 5.75 Å². The highest BCUT2D eigenvalue weighted by atomic mass is 16.3. The lowest BCUT2D eigenvalue weighted by Crippen LogP contribution is -2.40. The summed E-state index contributed by atoms with van der Waals surface area (Å²) in [5, 5.41) is 9.79. The third kappa shape index (κ3) is 2.04. The fraction of sp³-hybridized carbons (Fsp3) is 0.526. The minimum Gasteiger partial charge on any atom is -0.508 e. The van der Waals surface area contributed by atoms with Crippen molar-refractivity contribution in [3.05, 3.63) is 34.9 Å². The molecule has 0 aromatic heterocycles. The highest BCUT2D eigenvalue weighted by Gasteiger charge is 2.45. The van der Waals surface area contributed by atoms with Gasteiger partial charge in [-0.25, -0.2) is 0 Å². The van der Waals surface area contributed by atoms with Crippen molar-refractivity contribution >= 4 is 11.9 Å². The molecular formula is C19H22O2. The molecule has 4 bridgehead atoms. The summed E-state index contributed by atoms with van der Waals surface area (Å²) >= 11 is 0. The molecule has 0 radical (unpaired) electrons. The van der Waals surface area contributed by atoms with Crippen LogP contribution in [0.1, 0.15) is 54.9 Å². The van der Waals surface area contributed by atoms with Crippen LogP contribution in [0.25, 0.3) is 5.57 Å². The van der Waals surface area contributed by atoms with Crippen molar-refractivity contribution in [1.82, 2.24) is 0 Å². The van der Waals surface area contributed by atoms with Crippen molar-refractivity contribution in [2.75, 3.05) is 0 Å². The summed E-state index contributed by atoms with van der Waals surface area (Å²) < 4.78 is 0. The van der Waals surface area contributed by atoms with E-state index in [0.717, 1.165) is 35.5 Å². The van der Waals surface area contributed by atoms with Gasteiger partial charge in [0.2, 0.25) is 0 Å². The summed E-state index contributed by atoms with van der Waals surface area (Å²) in [7, 11) is 0. The first-order valence-electron chi connectivity index (χ1n) is 8.15. The van der Waals surface area contributed by atoms with Crippen LogP contribution in [-0.2, 0) is 0 Å². The number of carbonyl (C=O) groups is 1. The Morgan fingerprint density at radius 3 is 2.29 bits per heavy atom. The maximum Gasteiger partial charge on any atom is 0.150 e. The third-order valence-corrected chi connectivity index (χ3v) is 6.02. The van der Waals surface area contributed by atoms with E-state index in [1.54, 1.807) is 23.8 Å². The van der Waals surface area contributed by atoms with Crippen molar-refractivity contribution in [2.24, 2.45) is 23.7 Å². The van der Waals surface area contributed by atoms with Gasteiger partial charge in [0.05, 0.1) is 0 Å². The molecule has 0 heterocycles. The van der Waals surface area contributed by atoms with Gasteiger partial charge in [0.15, 0.2) is 6.29 Å². The van der Waals surface area contributed by atoms with E-state index in [2.05, 4.69) is 6.92 Å². The molecule has 1 aromatic carbocycles. The van der Waals surface area contributed by atoms with Crippen LogP contribution in [0.2, 0.25) is 0 Å². The number of allylic oxidation sites excluding steroid dienone is 2. The zero-order valence-corrected chi connectivity index (χ0v) is 12.5. The lowest BCUT2D eigenvalue weighted by molar-refractivity contribution is 0.0704. The number of hydrogen-bond acceptors (Lipinski definition) is 2. The molecule has 0 atom stereocenters. The monoisotopic (exact) mass is 282 g/mol. The van der Waals surface area contributed by atoms with Gasteiger partial charge < -0.3 is 5.11 Å². The molecule has 0 aliphatic heterocycles. The van der Waals surface area contributed by atoms with E-state index in [0.29, 0.717) is 5.56 Å². The summed E-state index contributed by atoms with van der Waals surface area (Å²) in [5.41, 5.74) is 4.48. The smallest absolute Gasteiger partial charge is 0.150 e. The van der Waals surface area contributed by atoms with E-state index in [1.165, 1.54) is 37.7 Å². The lowest BCUT2D eigenvalue weighted by atomic mass is 9.53. The Morgan fingerprint density at radius 1 is 1.10 bits per heavy atom. The minimum atomic E-state index is 0.249. The van der Waals surface area contributed by atoms with Crippen LogP contribution in [-0.4, -0.2) is 11.4 Å². The third-order valence-electron chi connectivity index (χ3n) is 6.02. The van der Waals surface area contributed by atoms with E-state index in [1.807, 2.05) is 0 Å². The van der Waals surface area contributed by atoms with Gasteiger partial charge in [-0.15, -0.1) is 0 Å². The Labute approximate surface area is 125 Å². The van der Waals surface area contributed by atoms with Crippen molar-refractivity contribution in [1.29, 1.82) is 0 Å². The van der Waals surface area contributed by atoms with E-state index < -0.39 is 0 Å². The number of phenols is 1. The van der Waals surface area contributed by atoms with Gasteiger partial charge in [-0.2, -0.15) is 0 Å². The molecule has 4 aliphatic carbocycles. The zero-order valence-electron chi connectivity index (χ0n) is 12.5. The summed E-state index contributed by atoms with van der Waals surface area (Å²) in [6.45, 7) is 2.15. The van der Waals surface area contributed by atoms with Crippen LogP contribution in [0.3, 0.4) is 0 Å². The molecule has 0 saturated heterocycles. The van der Waals surface area contributed by atoms with E-state index in [4.69, 9.17) is 0 Å². The number of aldehydes is 1. The fourth-order valence-electron chi connectivity index (χ4n) is 5.43. The molecular weight excluding hydrogens is 260 g/mol. The number of hydrogen-bond donors (Lipinski definition) is 1. The molecule has 1 N–H and O–H groups in total. The number of carbonyl (C=O) groups excluding carboxylic acids is 1. The zero-order chi connectivity index (χ0) is 14.6. The van der Waals surface area contributed by atoms with Crippen LogP contribution < -0.4 is 0 Å². The highest BCUT2D eigenvalue weighted by Crippen LogP contribution is 2.57. The summed E-state index contributed by atoms with van der Waals surface area (Å²) in [4.78, 5) is 11.3. The van der Waals surface area contributed by atoms with E-state index in [-0.39, 0.29) is 5.75 Å². The number of benzene rings is 1. The number of aromatic hydroxyl groups is 1. The van der Waals surface area contributed by atoms with Crippen molar-refractivity contribution in [2.45, 2.75) is 39.0 Å². The van der Waals surface area contributed by atoms with Gasteiger partial charge in [-0.3, -0.25) is 4.79 Å².